The van der Waals surface area contributed by atoms with Crippen LogP contribution in [-0.2, 0) is 6.54 Å². The van der Waals surface area contributed by atoms with Gasteiger partial charge < -0.3 is 5.73 Å². The number of halogens is 1. The van der Waals surface area contributed by atoms with E-state index in [-0.39, 0.29) is 5.69 Å². The molecule has 1 saturated heterocycles. The van der Waals surface area contributed by atoms with Crippen molar-refractivity contribution >= 4 is 17.3 Å². The number of rotatable bonds is 4. The zero-order valence-electron chi connectivity index (χ0n) is 10.9. The van der Waals surface area contributed by atoms with Gasteiger partial charge in [0.1, 0.15) is 0 Å². The second-order valence-corrected chi connectivity index (χ2v) is 5.56. The summed E-state index contributed by atoms with van der Waals surface area (Å²) in [5.74, 6) is 0.534. The molecule has 0 bridgehead atoms. The summed E-state index contributed by atoms with van der Waals surface area (Å²) in [6.45, 7) is 4.56. The van der Waals surface area contributed by atoms with Gasteiger partial charge in [0, 0.05) is 31.3 Å². The predicted molar refractivity (Wildman–Crippen MR) is 75.1 cm³/mol. The molecule has 0 aromatic heterocycles. The first-order valence-electron chi connectivity index (χ1n) is 6.38. The smallest absolute Gasteiger partial charge is 0.270 e. The maximum Gasteiger partial charge on any atom is 0.270 e. The van der Waals surface area contributed by atoms with Gasteiger partial charge in [0.15, 0.2) is 0 Å². The van der Waals surface area contributed by atoms with E-state index < -0.39 is 4.92 Å². The van der Waals surface area contributed by atoms with Crippen LogP contribution in [0, 0.1) is 16.0 Å². The summed E-state index contributed by atoms with van der Waals surface area (Å²) >= 11 is 6.11. The van der Waals surface area contributed by atoms with E-state index in [4.69, 9.17) is 17.3 Å². The molecule has 1 aliphatic heterocycles. The first kappa shape index (κ1) is 14.2. The molecule has 1 fully saturated rings. The van der Waals surface area contributed by atoms with Gasteiger partial charge in [-0.1, -0.05) is 11.6 Å². The van der Waals surface area contributed by atoms with E-state index in [2.05, 4.69) is 11.8 Å². The van der Waals surface area contributed by atoms with Gasteiger partial charge in [-0.2, -0.15) is 0 Å². The normalized spacial score (nSPS) is 23.7. The van der Waals surface area contributed by atoms with E-state index in [0.717, 1.165) is 18.5 Å². The molecule has 2 N–H and O–H groups in total. The second-order valence-electron chi connectivity index (χ2n) is 5.15. The second kappa shape index (κ2) is 5.86. The summed E-state index contributed by atoms with van der Waals surface area (Å²) in [6, 6.07) is 5.13. The molecule has 2 atom stereocenters. The molecule has 0 radical (unpaired) electrons. The molecule has 5 nitrogen and oxygen atoms in total. The van der Waals surface area contributed by atoms with Crippen LogP contribution in [0.2, 0.25) is 5.02 Å². The fraction of sp³-hybridized carbons (Fsp3) is 0.538. The summed E-state index contributed by atoms with van der Waals surface area (Å²) < 4.78 is 0. The third-order valence-electron chi connectivity index (χ3n) is 3.74. The van der Waals surface area contributed by atoms with E-state index in [1.54, 1.807) is 6.07 Å². The van der Waals surface area contributed by atoms with Crippen LogP contribution in [0.1, 0.15) is 18.9 Å². The van der Waals surface area contributed by atoms with Gasteiger partial charge in [-0.25, -0.2) is 0 Å². The Hall–Kier alpha value is -1.17. The van der Waals surface area contributed by atoms with E-state index >= 15 is 0 Å². The molecular weight excluding hydrogens is 266 g/mol. The van der Waals surface area contributed by atoms with E-state index in [1.165, 1.54) is 12.1 Å². The molecule has 1 heterocycles. The van der Waals surface area contributed by atoms with Crippen LogP contribution in [0.15, 0.2) is 18.2 Å². The predicted octanol–water partition coefficient (Wildman–Crippen LogP) is 2.42. The monoisotopic (exact) mass is 283 g/mol. The summed E-state index contributed by atoms with van der Waals surface area (Å²) in [5.41, 5.74) is 6.67. The van der Waals surface area contributed by atoms with E-state index in [0.29, 0.717) is 30.1 Å². The molecule has 1 aromatic rings. The van der Waals surface area contributed by atoms with Crippen LogP contribution in [-0.4, -0.2) is 29.0 Å². The minimum absolute atomic E-state index is 0.0306. The van der Waals surface area contributed by atoms with Crippen LogP contribution in [0.25, 0.3) is 0 Å². The van der Waals surface area contributed by atoms with Crippen molar-refractivity contribution in [1.29, 1.82) is 0 Å². The lowest BCUT2D eigenvalue weighted by Crippen LogP contribution is -2.27. The molecule has 19 heavy (non-hydrogen) atoms. The van der Waals surface area contributed by atoms with Crippen LogP contribution in [0.4, 0.5) is 5.69 Å². The third-order valence-corrected chi connectivity index (χ3v) is 4.10. The molecule has 2 unspecified atom stereocenters. The molecule has 0 spiro atoms. The number of hydrogen-bond acceptors (Lipinski definition) is 4. The van der Waals surface area contributed by atoms with Crippen molar-refractivity contribution in [1.82, 2.24) is 4.90 Å². The van der Waals surface area contributed by atoms with Crippen LogP contribution < -0.4 is 5.73 Å². The molecule has 0 amide bonds. The fourth-order valence-corrected chi connectivity index (χ4v) is 2.84. The van der Waals surface area contributed by atoms with Gasteiger partial charge >= 0.3 is 0 Å². The molecule has 104 valence electrons. The minimum atomic E-state index is -0.432. The topological polar surface area (TPSA) is 72.4 Å². The molecule has 0 saturated carbocycles. The number of nitrogens with zero attached hydrogens (tertiary/aromatic N) is 2. The Bertz CT molecular complexity index is 481. The zero-order valence-corrected chi connectivity index (χ0v) is 11.6. The molecular formula is C13H18ClN3O2. The maximum absolute atomic E-state index is 10.7. The van der Waals surface area contributed by atoms with Gasteiger partial charge in [0.05, 0.1) is 9.95 Å². The van der Waals surface area contributed by atoms with E-state index in [1.807, 2.05) is 0 Å². The van der Waals surface area contributed by atoms with Crippen molar-refractivity contribution in [3.63, 3.8) is 0 Å². The lowest BCUT2D eigenvalue weighted by molar-refractivity contribution is -0.384. The highest BCUT2D eigenvalue weighted by molar-refractivity contribution is 6.31. The average molecular weight is 284 g/mol. The highest BCUT2D eigenvalue weighted by Gasteiger charge is 2.28. The third kappa shape index (κ3) is 3.23. The minimum Gasteiger partial charge on any atom is -0.330 e. The van der Waals surface area contributed by atoms with Crippen LogP contribution in [0.5, 0.6) is 0 Å². The lowest BCUT2D eigenvalue weighted by atomic mass is 10.1. The number of benzene rings is 1. The summed E-state index contributed by atoms with van der Waals surface area (Å²) in [7, 11) is 0. The number of nitro benzene ring substituents is 1. The Balaban J connectivity index is 2.09. The summed E-state index contributed by atoms with van der Waals surface area (Å²) in [4.78, 5) is 12.6. The highest BCUT2D eigenvalue weighted by atomic mass is 35.5. The Morgan fingerprint density at radius 3 is 2.84 bits per heavy atom. The quantitative estimate of drug-likeness (QED) is 0.680. The van der Waals surface area contributed by atoms with Crippen molar-refractivity contribution in [2.24, 2.45) is 11.7 Å². The van der Waals surface area contributed by atoms with Crippen molar-refractivity contribution in [3.8, 4) is 0 Å². The Morgan fingerprint density at radius 2 is 2.32 bits per heavy atom. The largest absolute Gasteiger partial charge is 0.330 e. The Labute approximate surface area is 117 Å². The first-order chi connectivity index (χ1) is 9.01. The molecule has 6 heteroatoms. The number of likely N-dealkylation sites (tertiary alicyclic amines) is 1. The van der Waals surface area contributed by atoms with Gasteiger partial charge in [-0.05, 0) is 37.4 Å². The Kier molecular flexibility index (Phi) is 4.39. The highest BCUT2D eigenvalue weighted by Crippen LogP contribution is 2.28. The standard InChI is InChI=1S/C13H18ClN3O2/c1-9-4-10(6-15)7-16(9)8-11-2-3-12(17(18)19)5-13(11)14/h2-3,5,9-10H,4,6-8,15H2,1H3. The van der Waals surface area contributed by atoms with Gasteiger partial charge in [0.2, 0.25) is 0 Å². The van der Waals surface area contributed by atoms with Gasteiger partial charge in [-0.3, -0.25) is 15.0 Å². The summed E-state index contributed by atoms with van der Waals surface area (Å²) in [6.07, 6.45) is 1.10. The SMILES string of the molecule is CC1CC(CN)CN1Cc1ccc([N+](=O)[O-])cc1Cl. The maximum atomic E-state index is 10.7. The number of non-ortho nitro benzene ring substituents is 1. The first-order valence-corrected chi connectivity index (χ1v) is 6.76. The zero-order chi connectivity index (χ0) is 14.0. The molecule has 1 aliphatic rings. The molecule has 1 aromatic carbocycles. The van der Waals surface area contributed by atoms with Gasteiger partial charge in [0.25, 0.3) is 5.69 Å². The Morgan fingerprint density at radius 1 is 1.58 bits per heavy atom. The van der Waals surface area contributed by atoms with E-state index in [9.17, 15) is 10.1 Å². The van der Waals surface area contributed by atoms with Crippen LogP contribution in [0.3, 0.4) is 0 Å². The van der Waals surface area contributed by atoms with Crippen LogP contribution >= 0.6 is 11.6 Å². The van der Waals surface area contributed by atoms with Crippen molar-refractivity contribution in [2.45, 2.75) is 25.9 Å². The number of nitrogens with two attached hydrogens (primary N) is 1. The number of nitro groups is 1. The fourth-order valence-electron chi connectivity index (χ4n) is 2.61. The molecule has 2 rings (SSSR count). The van der Waals surface area contributed by atoms with Gasteiger partial charge in [-0.15, -0.1) is 0 Å². The van der Waals surface area contributed by atoms with Crippen molar-refractivity contribution < 1.29 is 4.92 Å². The summed E-state index contributed by atoms with van der Waals surface area (Å²) in [5, 5.41) is 11.1. The van der Waals surface area contributed by atoms with Crippen molar-refractivity contribution in [2.75, 3.05) is 13.1 Å². The van der Waals surface area contributed by atoms with Crippen molar-refractivity contribution in [3.05, 3.63) is 38.9 Å². The molecule has 0 aliphatic carbocycles. The lowest BCUT2D eigenvalue weighted by Gasteiger charge is -2.21. The average Bonchev–Trinajstić information content (AvgIpc) is 2.72. The number of hydrogen-bond donors (Lipinski definition) is 1.